The number of hydrogen-bond acceptors (Lipinski definition) is 5. The van der Waals surface area contributed by atoms with E-state index in [4.69, 9.17) is 17.4 Å². The molecular weight excluding hydrogens is 320 g/mol. The number of benzene rings is 1. The fraction of sp³-hybridized carbons (Fsp3) is 0.200. The maximum Gasteiger partial charge on any atom is 0.282 e. The molecule has 1 aromatic carbocycles. The van der Waals surface area contributed by atoms with Crippen LogP contribution < -0.4 is 16.7 Å². The first-order chi connectivity index (χ1) is 10.6. The van der Waals surface area contributed by atoms with Crippen LogP contribution in [0.15, 0.2) is 29.1 Å². The van der Waals surface area contributed by atoms with Gasteiger partial charge >= 0.3 is 0 Å². The molecule has 0 atom stereocenters. The van der Waals surface area contributed by atoms with Gasteiger partial charge in [0.1, 0.15) is 4.83 Å². The minimum absolute atomic E-state index is 0.194. The Kier molecular flexibility index (Phi) is 3.09. The van der Waals surface area contributed by atoms with Crippen LogP contribution >= 0.6 is 22.9 Å². The van der Waals surface area contributed by atoms with E-state index in [1.54, 1.807) is 23.5 Å². The maximum absolute atomic E-state index is 12.6. The van der Waals surface area contributed by atoms with E-state index in [1.807, 2.05) is 12.1 Å². The summed E-state index contributed by atoms with van der Waals surface area (Å²) >= 11 is 7.47. The smallest absolute Gasteiger partial charge is 0.282 e. The summed E-state index contributed by atoms with van der Waals surface area (Å²) in [6.07, 6.45) is 3.07. The van der Waals surface area contributed by atoms with Gasteiger partial charge in [0.15, 0.2) is 0 Å². The van der Waals surface area contributed by atoms with Gasteiger partial charge in [0, 0.05) is 15.6 Å². The number of fused-ring (bicyclic) bond motifs is 3. The van der Waals surface area contributed by atoms with Gasteiger partial charge in [-0.15, -0.1) is 11.3 Å². The zero-order chi connectivity index (χ0) is 15.3. The molecule has 0 fully saturated rings. The van der Waals surface area contributed by atoms with E-state index in [0.717, 1.165) is 40.0 Å². The highest BCUT2D eigenvalue weighted by Crippen LogP contribution is 2.35. The molecule has 3 N–H and O–H groups in total. The van der Waals surface area contributed by atoms with Gasteiger partial charge in [0.2, 0.25) is 5.95 Å². The van der Waals surface area contributed by atoms with Crippen molar-refractivity contribution in [2.24, 2.45) is 0 Å². The molecule has 0 saturated heterocycles. The monoisotopic (exact) mass is 332 g/mol. The number of thiophene rings is 1. The normalized spacial score (nSPS) is 13.5. The van der Waals surface area contributed by atoms with Crippen molar-refractivity contribution in [3.05, 3.63) is 50.1 Å². The predicted molar refractivity (Wildman–Crippen MR) is 90.8 cm³/mol. The minimum atomic E-state index is -0.194. The molecule has 1 aliphatic carbocycles. The zero-order valence-electron chi connectivity index (χ0n) is 11.6. The molecule has 1 aliphatic rings. The first-order valence-corrected chi connectivity index (χ1v) is 8.18. The third-order valence-electron chi connectivity index (χ3n) is 3.87. The summed E-state index contributed by atoms with van der Waals surface area (Å²) in [5, 5.41) is 4.40. The number of halogens is 1. The van der Waals surface area contributed by atoms with Gasteiger partial charge in [-0.25, -0.2) is 4.98 Å². The lowest BCUT2D eigenvalue weighted by Gasteiger charge is -2.10. The Morgan fingerprint density at radius 2 is 2.05 bits per heavy atom. The molecule has 4 rings (SSSR count). The van der Waals surface area contributed by atoms with E-state index in [9.17, 15) is 4.79 Å². The molecule has 0 unspecified atom stereocenters. The van der Waals surface area contributed by atoms with Crippen molar-refractivity contribution in [3.8, 4) is 0 Å². The fourth-order valence-electron chi connectivity index (χ4n) is 2.81. The summed E-state index contributed by atoms with van der Waals surface area (Å²) in [5.41, 5.74) is 1.72. The summed E-state index contributed by atoms with van der Waals surface area (Å²) in [6.45, 7) is 0. The Morgan fingerprint density at radius 1 is 1.27 bits per heavy atom. The topological polar surface area (TPSA) is 72.9 Å². The molecule has 0 bridgehead atoms. The highest BCUT2D eigenvalue weighted by atomic mass is 35.5. The van der Waals surface area contributed by atoms with Gasteiger partial charge in [0.05, 0.1) is 5.39 Å². The van der Waals surface area contributed by atoms with E-state index >= 15 is 0 Å². The number of nitrogens with two attached hydrogens (primary N) is 1. The van der Waals surface area contributed by atoms with E-state index in [2.05, 4.69) is 10.3 Å². The minimum Gasteiger partial charge on any atom is -0.333 e. The Balaban J connectivity index is 1.83. The fourth-order valence-corrected chi connectivity index (χ4v) is 4.18. The Morgan fingerprint density at radius 3 is 2.82 bits per heavy atom. The van der Waals surface area contributed by atoms with Crippen molar-refractivity contribution in [2.75, 3.05) is 11.2 Å². The lowest BCUT2D eigenvalue weighted by molar-refractivity contribution is 0.907. The average Bonchev–Trinajstić information content (AvgIpc) is 3.07. The van der Waals surface area contributed by atoms with Gasteiger partial charge in [-0.1, -0.05) is 11.6 Å². The van der Waals surface area contributed by atoms with E-state index in [-0.39, 0.29) is 5.56 Å². The molecule has 112 valence electrons. The summed E-state index contributed by atoms with van der Waals surface area (Å²) in [6, 6.07) is 7.16. The molecule has 0 radical (unpaired) electrons. The van der Waals surface area contributed by atoms with Crippen LogP contribution in [0.4, 0.5) is 11.6 Å². The summed E-state index contributed by atoms with van der Waals surface area (Å²) in [5.74, 6) is 6.27. The molecule has 0 spiro atoms. The van der Waals surface area contributed by atoms with Crippen molar-refractivity contribution in [3.63, 3.8) is 0 Å². The van der Waals surface area contributed by atoms with Crippen molar-refractivity contribution in [2.45, 2.75) is 19.3 Å². The zero-order valence-corrected chi connectivity index (χ0v) is 13.2. The van der Waals surface area contributed by atoms with Crippen LogP contribution in [0.3, 0.4) is 0 Å². The lowest BCUT2D eigenvalue weighted by Crippen LogP contribution is -2.30. The number of aryl methyl sites for hydroxylation is 2. The number of rotatable bonds is 2. The van der Waals surface area contributed by atoms with Crippen molar-refractivity contribution >= 4 is 44.8 Å². The summed E-state index contributed by atoms with van der Waals surface area (Å²) in [7, 11) is 0. The summed E-state index contributed by atoms with van der Waals surface area (Å²) in [4.78, 5) is 19.1. The van der Waals surface area contributed by atoms with Crippen molar-refractivity contribution in [1.82, 2.24) is 9.66 Å². The Hall–Kier alpha value is -2.05. The van der Waals surface area contributed by atoms with Gasteiger partial charge in [-0.05, 0) is 49.1 Å². The van der Waals surface area contributed by atoms with Crippen LogP contribution in [0, 0.1) is 0 Å². The van der Waals surface area contributed by atoms with Gasteiger partial charge in [-0.3, -0.25) is 4.79 Å². The van der Waals surface area contributed by atoms with Gasteiger partial charge in [-0.2, -0.15) is 4.68 Å². The molecule has 5 nitrogen and oxygen atoms in total. The Labute approximate surface area is 135 Å². The second-order valence-electron chi connectivity index (χ2n) is 5.28. The van der Waals surface area contributed by atoms with Crippen molar-refractivity contribution < 1.29 is 0 Å². The number of anilines is 2. The SMILES string of the molecule is Nn1c(Nc2ccc(Cl)cc2)nc2sc3c(c2c1=O)CCC3. The molecule has 0 amide bonds. The molecule has 2 heterocycles. The average molecular weight is 333 g/mol. The second-order valence-corrected chi connectivity index (χ2v) is 6.80. The lowest BCUT2D eigenvalue weighted by atomic mass is 10.2. The molecule has 0 saturated carbocycles. The van der Waals surface area contributed by atoms with Crippen LogP contribution in [0.2, 0.25) is 5.02 Å². The first-order valence-electron chi connectivity index (χ1n) is 6.98. The predicted octanol–water partition coefficient (Wildman–Crippen LogP) is 3.06. The second kappa shape index (κ2) is 5.00. The van der Waals surface area contributed by atoms with Gasteiger partial charge < -0.3 is 11.2 Å². The number of hydrogen-bond donors (Lipinski definition) is 2. The highest BCUT2D eigenvalue weighted by Gasteiger charge is 2.22. The largest absolute Gasteiger partial charge is 0.333 e. The van der Waals surface area contributed by atoms with Crippen molar-refractivity contribution in [1.29, 1.82) is 0 Å². The number of nitrogens with zero attached hydrogens (tertiary/aromatic N) is 2. The molecule has 3 aromatic rings. The first kappa shape index (κ1) is 13.6. The molecule has 2 aromatic heterocycles. The summed E-state index contributed by atoms with van der Waals surface area (Å²) < 4.78 is 1.09. The number of nitrogen functional groups attached to an aromatic ring is 1. The van der Waals surface area contributed by atoms with Crippen LogP contribution in [0.5, 0.6) is 0 Å². The molecule has 7 heteroatoms. The third kappa shape index (κ3) is 2.07. The molecule has 0 aliphatic heterocycles. The van der Waals surface area contributed by atoms with Crippen LogP contribution in [-0.4, -0.2) is 9.66 Å². The van der Waals surface area contributed by atoms with Crippen LogP contribution in [0.1, 0.15) is 16.9 Å². The maximum atomic E-state index is 12.6. The molecule has 22 heavy (non-hydrogen) atoms. The van der Waals surface area contributed by atoms with Crippen LogP contribution in [-0.2, 0) is 12.8 Å². The van der Waals surface area contributed by atoms with E-state index in [1.165, 1.54) is 4.88 Å². The molecular formula is C15H13ClN4OS. The standard InChI is InChI=1S/C15H13ClN4OS/c16-8-4-6-9(7-5-8)18-15-19-13-12(14(21)20(15)17)10-2-1-3-11(10)22-13/h4-7H,1-3,17H2,(H,18,19). The van der Waals surface area contributed by atoms with Gasteiger partial charge in [0.25, 0.3) is 5.56 Å². The van der Waals surface area contributed by atoms with Crippen LogP contribution in [0.25, 0.3) is 10.2 Å². The highest BCUT2D eigenvalue weighted by molar-refractivity contribution is 7.18. The number of aromatic nitrogens is 2. The van der Waals surface area contributed by atoms with E-state index < -0.39 is 0 Å². The van der Waals surface area contributed by atoms with E-state index in [0.29, 0.717) is 16.4 Å². The quantitative estimate of drug-likeness (QED) is 0.707. The Bertz CT molecular complexity index is 929. The third-order valence-corrected chi connectivity index (χ3v) is 5.31. The number of nitrogens with one attached hydrogen (secondary N) is 1.